The van der Waals surface area contributed by atoms with Crippen LogP contribution in [0.3, 0.4) is 0 Å². The summed E-state index contributed by atoms with van der Waals surface area (Å²) in [6.07, 6.45) is 19.8. The molecule has 0 atom stereocenters. The van der Waals surface area contributed by atoms with Crippen molar-refractivity contribution in [3.05, 3.63) is 130 Å². The van der Waals surface area contributed by atoms with E-state index in [9.17, 15) is 9.59 Å². The molecule has 7 rings (SSSR count). The predicted octanol–water partition coefficient (Wildman–Crippen LogP) is 13.8. The van der Waals surface area contributed by atoms with Gasteiger partial charge in [0.2, 0.25) is 0 Å². The maximum absolute atomic E-state index is 13.2. The maximum atomic E-state index is 13.2. The Morgan fingerprint density at radius 1 is 0.509 bits per heavy atom. The van der Waals surface area contributed by atoms with Gasteiger partial charge in [0.1, 0.15) is 11.5 Å². The SMILES string of the molecule is CCCC1CCC(c2ccc(C(=O)Oc3ccc(C4(c5ccc(OC(=O)c6ccc(C7CCC(CCC)CC7)cc6)cc5)CCC(C)CC4)cc3)cc2)CC1. The highest BCUT2D eigenvalue weighted by Crippen LogP contribution is 2.47. The van der Waals surface area contributed by atoms with Gasteiger partial charge in [0.05, 0.1) is 11.1 Å². The average Bonchev–Trinajstić information content (AvgIpc) is 3.23. The minimum atomic E-state index is -0.321. The van der Waals surface area contributed by atoms with Crippen LogP contribution in [0.2, 0.25) is 0 Å². The molecular formula is C51H62O4. The Kier molecular flexibility index (Phi) is 12.9. The fourth-order valence-corrected chi connectivity index (χ4v) is 10.2. The van der Waals surface area contributed by atoms with Crippen molar-refractivity contribution in [3.63, 3.8) is 0 Å². The third kappa shape index (κ3) is 9.45. The van der Waals surface area contributed by atoms with Crippen LogP contribution in [-0.2, 0) is 5.41 Å². The standard InChI is InChI=1S/C51H62O4/c1-4-6-37-8-12-39(13-9-37)41-16-20-43(21-17-41)49(52)54-47-28-24-45(25-29-47)51(34-32-36(3)33-35-51)46-26-30-48(31-27-46)55-50(53)44-22-18-42(19-23-44)40-14-10-38(7-5-2)11-15-40/h16-31,36-40H,4-15,32-35H2,1-3H3. The van der Waals surface area contributed by atoms with E-state index in [1.807, 2.05) is 48.5 Å². The van der Waals surface area contributed by atoms with Crippen LogP contribution in [0.15, 0.2) is 97.1 Å². The number of carbonyl (C=O) groups is 2. The number of hydrogen-bond donors (Lipinski definition) is 0. The van der Waals surface area contributed by atoms with Gasteiger partial charge in [0.15, 0.2) is 0 Å². The largest absolute Gasteiger partial charge is 0.423 e. The molecule has 290 valence electrons. The molecule has 3 aliphatic rings. The summed E-state index contributed by atoms with van der Waals surface area (Å²) in [6.45, 7) is 6.91. The van der Waals surface area contributed by atoms with Crippen molar-refractivity contribution >= 4 is 11.9 Å². The highest BCUT2D eigenvalue weighted by molar-refractivity contribution is 5.91. The molecule has 0 bridgehead atoms. The number of rotatable bonds is 12. The molecule has 0 unspecified atom stereocenters. The first kappa shape index (κ1) is 39.1. The lowest BCUT2D eigenvalue weighted by molar-refractivity contribution is 0.0725. The van der Waals surface area contributed by atoms with E-state index in [0.717, 1.165) is 37.5 Å². The van der Waals surface area contributed by atoms with Crippen LogP contribution in [0.4, 0.5) is 0 Å². The van der Waals surface area contributed by atoms with Gasteiger partial charge >= 0.3 is 11.9 Å². The minimum absolute atomic E-state index is 0.158. The van der Waals surface area contributed by atoms with Gasteiger partial charge in [-0.3, -0.25) is 0 Å². The van der Waals surface area contributed by atoms with Gasteiger partial charge in [-0.25, -0.2) is 9.59 Å². The third-order valence-electron chi connectivity index (χ3n) is 13.7. The molecule has 4 aromatic rings. The summed E-state index contributed by atoms with van der Waals surface area (Å²) in [5, 5.41) is 0. The normalized spacial score (nSPS) is 25.5. The fraction of sp³-hybridized carbons (Fsp3) is 0.490. The van der Waals surface area contributed by atoms with Gasteiger partial charge in [-0.2, -0.15) is 0 Å². The molecule has 0 saturated heterocycles. The minimum Gasteiger partial charge on any atom is -0.423 e. The van der Waals surface area contributed by atoms with Crippen molar-refractivity contribution < 1.29 is 19.1 Å². The van der Waals surface area contributed by atoms with Crippen molar-refractivity contribution in [2.45, 2.75) is 141 Å². The Labute approximate surface area is 330 Å². The zero-order valence-corrected chi connectivity index (χ0v) is 33.6. The van der Waals surface area contributed by atoms with Crippen LogP contribution in [-0.4, -0.2) is 11.9 Å². The summed E-state index contributed by atoms with van der Waals surface area (Å²) in [7, 11) is 0. The smallest absolute Gasteiger partial charge is 0.343 e. The fourth-order valence-electron chi connectivity index (χ4n) is 10.2. The van der Waals surface area contributed by atoms with Crippen LogP contribution in [0.5, 0.6) is 11.5 Å². The second-order valence-electron chi connectivity index (χ2n) is 17.3. The first-order chi connectivity index (χ1) is 26.8. The van der Waals surface area contributed by atoms with E-state index < -0.39 is 0 Å². The third-order valence-corrected chi connectivity index (χ3v) is 13.7. The molecule has 4 heteroatoms. The second kappa shape index (κ2) is 18.2. The lowest BCUT2D eigenvalue weighted by Gasteiger charge is -2.40. The van der Waals surface area contributed by atoms with E-state index in [0.29, 0.717) is 40.4 Å². The molecule has 4 nitrogen and oxygen atoms in total. The molecule has 0 aliphatic heterocycles. The predicted molar refractivity (Wildman–Crippen MR) is 223 cm³/mol. The van der Waals surface area contributed by atoms with Gasteiger partial charge in [0, 0.05) is 5.41 Å². The molecule has 3 fully saturated rings. The number of hydrogen-bond acceptors (Lipinski definition) is 4. The molecule has 55 heavy (non-hydrogen) atoms. The van der Waals surface area contributed by atoms with Crippen molar-refractivity contribution in [1.29, 1.82) is 0 Å². The van der Waals surface area contributed by atoms with E-state index in [1.54, 1.807) is 0 Å². The van der Waals surface area contributed by atoms with Gasteiger partial charge in [-0.05, 0) is 177 Å². The van der Waals surface area contributed by atoms with Gasteiger partial charge in [-0.1, -0.05) is 95.0 Å². The van der Waals surface area contributed by atoms with Crippen LogP contribution in [0, 0.1) is 17.8 Å². The van der Waals surface area contributed by atoms with E-state index >= 15 is 0 Å². The Hall–Kier alpha value is -4.18. The summed E-state index contributed by atoms with van der Waals surface area (Å²) < 4.78 is 11.8. The Balaban J connectivity index is 0.971. The van der Waals surface area contributed by atoms with Gasteiger partial charge < -0.3 is 9.47 Å². The molecule has 0 amide bonds. The zero-order chi connectivity index (χ0) is 38.2. The van der Waals surface area contributed by atoms with Crippen LogP contribution >= 0.6 is 0 Å². The molecule has 0 aromatic heterocycles. The maximum Gasteiger partial charge on any atom is 0.343 e. The average molecular weight is 739 g/mol. The van der Waals surface area contributed by atoms with E-state index in [-0.39, 0.29) is 17.4 Å². The monoisotopic (exact) mass is 738 g/mol. The quantitative estimate of drug-likeness (QED) is 0.107. The molecule has 0 heterocycles. The first-order valence-corrected chi connectivity index (χ1v) is 21.7. The number of carbonyl (C=O) groups excluding carboxylic acids is 2. The van der Waals surface area contributed by atoms with Gasteiger partial charge in [-0.15, -0.1) is 0 Å². The summed E-state index contributed by atoms with van der Waals surface area (Å²) in [5.74, 6) is 4.11. The van der Waals surface area contributed by atoms with Crippen molar-refractivity contribution in [3.8, 4) is 11.5 Å². The Morgan fingerprint density at radius 3 is 1.22 bits per heavy atom. The van der Waals surface area contributed by atoms with E-state index in [2.05, 4.69) is 69.3 Å². The number of esters is 2. The molecule has 3 aliphatic carbocycles. The molecule has 0 spiro atoms. The highest BCUT2D eigenvalue weighted by atomic mass is 16.5. The summed E-state index contributed by atoms with van der Waals surface area (Å²) in [4.78, 5) is 26.3. The highest BCUT2D eigenvalue weighted by Gasteiger charge is 2.37. The summed E-state index contributed by atoms with van der Waals surface area (Å²) in [6, 6.07) is 32.5. The van der Waals surface area contributed by atoms with E-state index in [1.165, 1.54) is 99.3 Å². The Morgan fingerprint density at radius 2 is 0.873 bits per heavy atom. The molecule has 4 aromatic carbocycles. The molecular weight excluding hydrogens is 677 g/mol. The van der Waals surface area contributed by atoms with E-state index in [4.69, 9.17) is 9.47 Å². The van der Waals surface area contributed by atoms with Crippen molar-refractivity contribution in [2.75, 3.05) is 0 Å². The van der Waals surface area contributed by atoms with Crippen LogP contribution in [0.25, 0.3) is 0 Å². The first-order valence-electron chi connectivity index (χ1n) is 21.7. The number of benzene rings is 4. The zero-order valence-electron chi connectivity index (χ0n) is 33.6. The number of ether oxygens (including phenoxy) is 2. The van der Waals surface area contributed by atoms with Crippen molar-refractivity contribution in [1.82, 2.24) is 0 Å². The van der Waals surface area contributed by atoms with Gasteiger partial charge in [0.25, 0.3) is 0 Å². The Bertz CT molecular complexity index is 1690. The second-order valence-corrected chi connectivity index (χ2v) is 17.3. The topological polar surface area (TPSA) is 52.6 Å². The summed E-state index contributed by atoms with van der Waals surface area (Å²) >= 11 is 0. The molecule has 3 saturated carbocycles. The lowest BCUT2D eigenvalue weighted by Crippen LogP contribution is -2.32. The summed E-state index contributed by atoms with van der Waals surface area (Å²) in [5.41, 5.74) is 6.14. The lowest BCUT2D eigenvalue weighted by atomic mass is 9.63. The van der Waals surface area contributed by atoms with Crippen LogP contribution in [0.1, 0.15) is 178 Å². The molecule has 0 N–H and O–H groups in total. The van der Waals surface area contributed by atoms with Crippen molar-refractivity contribution in [2.24, 2.45) is 17.8 Å². The molecule has 0 radical (unpaired) electrons. The van der Waals surface area contributed by atoms with Crippen LogP contribution < -0.4 is 9.47 Å².